The molecule has 2 unspecified atom stereocenters. The molecular formula is C10H17ClN4O. The van der Waals surface area contributed by atoms with Gasteiger partial charge in [-0.2, -0.15) is 5.10 Å². The molecule has 5 nitrogen and oxygen atoms in total. The summed E-state index contributed by atoms with van der Waals surface area (Å²) in [6.07, 6.45) is 1.70. The van der Waals surface area contributed by atoms with E-state index in [0.717, 1.165) is 5.69 Å². The first-order valence-corrected chi connectivity index (χ1v) is 5.59. The van der Waals surface area contributed by atoms with Crippen LogP contribution in [0, 0.1) is 6.92 Å². The molecule has 1 aromatic rings. The Morgan fingerprint density at radius 1 is 1.75 bits per heavy atom. The van der Waals surface area contributed by atoms with Gasteiger partial charge in [0.15, 0.2) is 0 Å². The average molecular weight is 245 g/mol. The summed E-state index contributed by atoms with van der Waals surface area (Å²) in [5, 5.41) is 7.85. The number of nitrogens with zero attached hydrogens (tertiary/aromatic N) is 2. The van der Waals surface area contributed by atoms with Gasteiger partial charge in [-0.3, -0.25) is 9.48 Å². The molecule has 0 spiro atoms. The second-order valence-electron chi connectivity index (χ2n) is 3.72. The Balaban J connectivity index is 2.89. The van der Waals surface area contributed by atoms with E-state index in [4.69, 9.17) is 17.3 Å². The van der Waals surface area contributed by atoms with Gasteiger partial charge >= 0.3 is 0 Å². The number of amides is 1. The van der Waals surface area contributed by atoms with Crippen molar-refractivity contribution >= 4 is 17.5 Å². The number of nitrogens with one attached hydrogen (secondary N) is 1. The van der Waals surface area contributed by atoms with E-state index in [1.165, 1.54) is 0 Å². The minimum Gasteiger partial charge on any atom is -0.368 e. The summed E-state index contributed by atoms with van der Waals surface area (Å²) >= 11 is 5.91. The van der Waals surface area contributed by atoms with E-state index in [0.29, 0.717) is 11.6 Å². The van der Waals surface area contributed by atoms with Gasteiger partial charge in [-0.25, -0.2) is 0 Å². The largest absolute Gasteiger partial charge is 0.368 e. The predicted octanol–water partition coefficient (Wildman–Crippen LogP) is 0.869. The molecule has 0 bridgehead atoms. The second-order valence-corrected chi connectivity index (χ2v) is 4.13. The third-order valence-electron chi connectivity index (χ3n) is 2.49. The molecule has 16 heavy (non-hydrogen) atoms. The van der Waals surface area contributed by atoms with Gasteiger partial charge in [0, 0.05) is 6.20 Å². The smallest absolute Gasteiger partial charge is 0.236 e. The quantitative estimate of drug-likeness (QED) is 0.807. The number of likely N-dealkylation sites (N-methyl/N-ethyl adjacent to an activating group) is 1. The molecule has 0 aliphatic rings. The molecule has 1 rings (SSSR count). The molecular weight excluding hydrogens is 228 g/mol. The van der Waals surface area contributed by atoms with E-state index in [1.54, 1.807) is 10.9 Å². The highest BCUT2D eigenvalue weighted by molar-refractivity contribution is 6.31. The first-order valence-electron chi connectivity index (χ1n) is 5.21. The van der Waals surface area contributed by atoms with Gasteiger partial charge in [-0.05, 0) is 20.4 Å². The molecule has 1 heterocycles. The summed E-state index contributed by atoms with van der Waals surface area (Å²) in [4.78, 5) is 11.3. The third kappa shape index (κ3) is 2.74. The first kappa shape index (κ1) is 13.0. The SMILES string of the molecule is CCNC(C(N)=O)C(C)n1cc(Cl)c(C)n1. The van der Waals surface area contributed by atoms with E-state index in [1.807, 2.05) is 20.8 Å². The van der Waals surface area contributed by atoms with Crippen LogP contribution in [0.1, 0.15) is 25.6 Å². The maximum absolute atomic E-state index is 11.3. The van der Waals surface area contributed by atoms with Gasteiger partial charge in [0.1, 0.15) is 6.04 Å². The van der Waals surface area contributed by atoms with Crippen LogP contribution in [0.15, 0.2) is 6.20 Å². The Hall–Kier alpha value is -1.07. The van der Waals surface area contributed by atoms with Crippen LogP contribution < -0.4 is 11.1 Å². The van der Waals surface area contributed by atoms with Crippen LogP contribution in [0.5, 0.6) is 0 Å². The fraction of sp³-hybridized carbons (Fsp3) is 0.600. The maximum atomic E-state index is 11.3. The van der Waals surface area contributed by atoms with E-state index in [-0.39, 0.29) is 6.04 Å². The van der Waals surface area contributed by atoms with Gasteiger partial charge in [-0.15, -0.1) is 0 Å². The first-order chi connectivity index (χ1) is 7.47. The number of hydrogen-bond acceptors (Lipinski definition) is 3. The zero-order valence-electron chi connectivity index (χ0n) is 9.70. The number of hydrogen-bond donors (Lipinski definition) is 2. The Morgan fingerprint density at radius 3 is 2.75 bits per heavy atom. The Labute approximate surface area is 99.9 Å². The number of aryl methyl sites for hydroxylation is 1. The molecule has 90 valence electrons. The zero-order valence-corrected chi connectivity index (χ0v) is 10.5. The summed E-state index contributed by atoms with van der Waals surface area (Å²) in [5.74, 6) is -0.390. The molecule has 0 aliphatic heterocycles. The molecule has 0 saturated heterocycles. The standard InChI is InChI=1S/C10H17ClN4O/c1-4-13-9(10(12)16)7(3)15-5-8(11)6(2)14-15/h5,7,9,13H,4H2,1-3H3,(H2,12,16). The summed E-state index contributed by atoms with van der Waals surface area (Å²) in [7, 11) is 0. The van der Waals surface area contributed by atoms with Crippen LogP contribution in [0.3, 0.4) is 0 Å². The third-order valence-corrected chi connectivity index (χ3v) is 2.86. The minimum atomic E-state index is -0.444. The second kappa shape index (κ2) is 5.32. The summed E-state index contributed by atoms with van der Waals surface area (Å²) in [6.45, 7) is 6.29. The summed E-state index contributed by atoms with van der Waals surface area (Å²) in [6, 6.07) is -0.607. The summed E-state index contributed by atoms with van der Waals surface area (Å²) < 4.78 is 1.66. The highest BCUT2D eigenvalue weighted by atomic mass is 35.5. The van der Waals surface area contributed by atoms with E-state index in [2.05, 4.69) is 10.4 Å². The minimum absolute atomic E-state index is 0.163. The van der Waals surface area contributed by atoms with Crippen molar-refractivity contribution in [3.63, 3.8) is 0 Å². The maximum Gasteiger partial charge on any atom is 0.236 e. The Kier molecular flexibility index (Phi) is 4.32. The van der Waals surface area contributed by atoms with Crippen molar-refractivity contribution in [3.8, 4) is 0 Å². The lowest BCUT2D eigenvalue weighted by atomic mass is 10.1. The van der Waals surface area contributed by atoms with Crippen molar-refractivity contribution in [3.05, 3.63) is 16.9 Å². The molecule has 2 atom stereocenters. The van der Waals surface area contributed by atoms with E-state index in [9.17, 15) is 4.79 Å². The monoisotopic (exact) mass is 244 g/mol. The summed E-state index contributed by atoms with van der Waals surface area (Å²) in [5.41, 5.74) is 6.07. The van der Waals surface area contributed by atoms with Crippen molar-refractivity contribution in [2.75, 3.05) is 6.54 Å². The molecule has 0 aliphatic carbocycles. The molecule has 6 heteroatoms. The molecule has 0 fully saturated rings. The lowest BCUT2D eigenvalue weighted by molar-refractivity contribution is -0.121. The average Bonchev–Trinajstić information content (AvgIpc) is 2.54. The molecule has 0 radical (unpaired) electrons. The lowest BCUT2D eigenvalue weighted by Crippen LogP contribution is -2.46. The van der Waals surface area contributed by atoms with Crippen molar-refractivity contribution in [1.82, 2.24) is 15.1 Å². The van der Waals surface area contributed by atoms with Crippen molar-refractivity contribution < 1.29 is 4.79 Å². The van der Waals surface area contributed by atoms with E-state index < -0.39 is 11.9 Å². The number of carbonyl (C=O) groups excluding carboxylic acids is 1. The number of rotatable bonds is 5. The number of primary amides is 1. The van der Waals surface area contributed by atoms with Crippen LogP contribution in [-0.2, 0) is 4.79 Å². The molecule has 1 aromatic heterocycles. The van der Waals surface area contributed by atoms with Gasteiger partial charge in [0.25, 0.3) is 0 Å². The molecule has 0 aromatic carbocycles. The van der Waals surface area contributed by atoms with Crippen LogP contribution in [0.2, 0.25) is 5.02 Å². The van der Waals surface area contributed by atoms with Gasteiger partial charge in [0.2, 0.25) is 5.91 Å². The number of carbonyl (C=O) groups is 1. The van der Waals surface area contributed by atoms with Gasteiger partial charge in [-0.1, -0.05) is 18.5 Å². The Bertz CT molecular complexity index is 357. The van der Waals surface area contributed by atoms with Crippen LogP contribution in [-0.4, -0.2) is 28.3 Å². The normalized spacial score (nSPS) is 14.8. The molecule has 0 saturated carbocycles. The fourth-order valence-electron chi connectivity index (χ4n) is 1.55. The van der Waals surface area contributed by atoms with Gasteiger partial charge in [0.05, 0.1) is 16.8 Å². The fourth-order valence-corrected chi connectivity index (χ4v) is 1.69. The van der Waals surface area contributed by atoms with E-state index >= 15 is 0 Å². The van der Waals surface area contributed by atoms with Gasteiger partial charge < -0.3 is 11.1 Å². The highest BCUT2D eigenvalue weighted by Gasteiger charge is 2.24. The van der Waals surface area contributed by atoms with Crippen LogP contribution >= 0.6 is 11.6 Å². The Morgan fingerprint density at radius 2 is 2.38 bits per heavy atom. The van der Waals surface area contributed by atoms with Crippen LogP contribution in [0.25, 0.3) is 0 Å². The van der Waals surface area contributed by atoms with Crippen molar-refractivity contribution in [2.24, 2.45) is 5.73 Å². The highest BCUT2D eigenvalue weighted by Crippen LogP contribution is 2.17. The van der Waals surface area contributed by atoms with Crippen LogP contribution in [0.4, 0.5) is 0 Å². The lowest BCUT2D eigenvalue weighted by Gasteiger charge is -2.21. The van der Waals surface area contributed by atoms with Crippen molar-refractivity contribution in [1.29, 1.82) is 0 Å². The topological polar surface area (TPSA) is 72.9 Å². The zero-order chi connectivity index (χ0) is 12.3. The predicted molar refractivity (Wildman–Crippen MR) is 63.3 cm³/mol. The number of aromatic nitrogens is 2. The number of nitrogens with two attached hydrogens (primary N) is 1. The van der Waals surface area contributed by atoms with Crippen molar-refractivity contribution in [2.45, 2.75) is 32.9 Å². The molecule has 1 amide bonds. The molecule has 3 N–H and O–H groups in total. The number of halogens is 1.